The molecule has 0 aliphatic carbocycles. The number of sulfonamides is 1. The Morgan fingerprint density at radius 3 is 2.32 bits per heavy atom. The van der Waals surface area contributed by atoms with E-state index < -0.39 is 15.9 Å². The Hall–Kier alpha value is -3.34. The Morgan fingerprint density at radius 1 is 1.03 bits per heavy atom. The molecule has 1 aliphatic rings. The van der Waals surface area contributed by atoms with E-state index >= 15 is 0 Å². The third-order valence-electron chi connectivity index (χ3n) is 5.55. The SMILES string of the molecule is CC1CN(S(=O)(=O)c2cccc(C(=O)Nc3ccc(C(=O)c4nccn4C)cc3)c2)CC(C)O1. The van der Waals surface area contributed by atoms with Crippen LogP contribution in [0.15, 0.2) is 65.8 Å². The van der Waals surface area contributed by atoms with E-state index in [4.69, 9.17) is 4.74 Å². The molecule has 2 aromatic carbocycles. The molecule has 1 fully saturated rings. The summed E-state index contributed by atoms with van der Waals surface area (Å²) in [4.78, 5) is 29.5. The number of ketones is 1. The number of morpholine rings is 1. The fourth-order valence-corrected chi connectivity index (χ4v) is 5.53. The van der Waals surface area contributed by atoms with Crippen molar-refractivity contribution < 1.29 is 22.7 Å². The molecule has 178 valence electrons. The summed E-state index contributed by atoms with van der Waals surface area (Å²) in [6, 6.07) is 12.4. The first-order valence-corrected chi connectivity index (χ1v) is 12.3. The summed E-state index contributed by atoms with van der Waals surface area (Å²) in [7, 11) is -2.03. The van der Waals surface area contributed by atoms with Crippen LogP contribution >= 0.6 is 0 Å². The summed E-state index contributed by atoms with van der Waals surface area (Å²) >= 11 is 0. The van der Waals surface area contributed by atoms with E-state index in [2.05, 4.69) is 10.3 Å². The topological polar surface area (TPSA) is 111 Å². The average molecular weight is 483 g/mol. The van der Waals surface area contributed by atoms with Gasteiger partial charge in [-0.05, 0) is 56.3 Å². The fourth-order valence-electron chi connectivity index (χ4n) is 3.90. The van der Waals surface area contributed by atoms with Crippen molar-refractivity contribution in [2.45, 2.75) is 31.0 Å². The lowest BCUT2D eigenvalue weighted by Crippen LogP contribution is -2.48. The van der Waals surface area contributed by atoms with Crippen molar-refractivity contribution in [2.24, 2.45) is 7.05 Å². The van der Waals surface area contributed by atoms with Crippen molar-refractivity contribution in [2.75, 3.05) is 18.4 Å². The van der Waals surface area contributed by atoms with Crippen LogP contribution in [0.5, 0.6) is 0 Å². The molecule has 4 rings (SSSR count). The van der Waals surface area contributed by atoms with Gasteiger partial charge < -0.3 is 14.6 Å². The lowest BCUT2D eigenvalue weighted by Gasteiger charge is -2.34. The number of hydrogen-bond donors (Lipinski definition) is 1. The number of anilines is 1. The number of amides is 1. The van der Waals surface area contributed by atoms with Crippen LogP contribution in [0.4, 0.5) is 5.69 Å². The monoisotopic (exact) mass is 482 g/mol. The zero-order chi connectivity index (χ0) is 24.5. The second-order valence-electron chi connectivity index (χ2n) is 8.33. The van der Waals surface area contributed by atoms with Crippen LogP contribution in [0.3, 0.4) is 0 Å². The minimum atomic E-state index is -3.77. The fraction of sp³-hybridized carbons (Fsp3) is 0.292. The van der Waals surface area contributed by atoms with E-state index in [1.165, 1.54) is 16.4 Å². The molecule has 0 saturated carbocycles. The van der Waals surface area contributed by atoms with Crippen LogP contribution in [0.2, 0.25) is 0 Å². The van der Waals surface area contributed by atoms with Gasteiger partial charge in [-0.25, -0.2) is 13.4 Å². The maximum absolute atomic E-state index is 13.1. The number of benzene rings is 2. The van der Waals surface area contributed by atoms with Crippen LogP contribution in [-0.2, 0) is 21.8 Å². The lowest BCUT2D eigenvalue weighted by molar-refractivity contribution is -0.0440. The third kappa shape index (κ3) is 4.93. The highest BCUT2D eigenvalue weighted by Crippen LogP contribution is 2.22. The van der Waals surface area contributed by atoms with E-state index in [9.17, 15) is 18.0 Å². The van der Waals surface area contributed by atoms with Crippen molar-refractivity contribution in [3.63, 3.8) is 0 Å². The zero-order valence-corrected chi connectivity index (χ0v) is 20.0. The maximum atomic E-state index is 13.1. The quantitative estimate of drug-likeness (QED) is 0.541. The molecule has 1 amide bonds. The number of aromatic nitrogens is 2. The molecule has 0 spiro atoms. The van der Waals surface area contributed by atoms with Gasteiger partial charge >= 0.3 is 0 Å². The predicted octanol–water partition coefficient (Wildman–Crippen LogP) is 2.70. The molecule has 1 aromatic heterocycles. The summed E-state index contributed by atoms with van der Waals surface area (Å²) in [6.07, 6.45) is 2.82. The Kier molecular flexibility index (Phi) is 6.65. The Morgan fingerprint density at radius 2 is 1.71 bits per heavy atom. The van der Waals surface area contributed by atoms with E-state index in [-0.39, 0.29) is 41.5 Å². The van der Waals surface area contributed by atoms with E-state index in [1.807, 2.05) is 13.8 Å². The second kappa shape index (κ2) is 9.49. The van der Waals surface area contributed by atoms with Gasteiger partial charge in [0, 0.05) is 49.3 Å². The van der Waals surface area contributed by atoms with Crippen molar-refractivity contribution in [1.29, 1.82) is 0 Å². The number of ether oxygens (including phenoxy) is 1. The van der Waals surface area contributed by atoms with Gasteiger partial charge in [0.15, 0.2) is 5.82 Å². The third-order valence-corrected chi connectivity index (χ3v) is 7.38. The minimum Gasteiger partial charge on any atom is -0.373 e. The van der Waals surface area contributed by atoms with Crippen molar-refractivity contribution >= 4 is 27.4 Å². The first-order chi connectivity index (χ1) is 16.1. The van der Waals surface area contributed by atoms with Gasteiger partial charge in [0.1, 0.15) is 0 Å². The highest BCUT2D eigenvalue weighted by atomic mass is 32.2. The van der Waals surface area contributed by atoms with Crippen LogP contribution < -0.4 is 5.32 Å². The molecule has 2 heterocycles. The number of aryl methyl sites for hydroxylation is 1. The number of rotatable bonds is 6. The largest absolute Gasteiger partial charge is 0.373 e. The van der Waals surface area contributed by atoms with Gasteiger partial charge in [-0.1, -0.05) is 6.07 Å². The molecule has 1 N–H and O–H groups in total. The lowest BCUT2D eigenvalue weighted by atomic mass is 10.1. The number of nitrogens with zero attached hydrogens (tertiary/aromatic N) is 3. The van der Waals surface area contributed by atoms with Crippen molar-refractivity contribution in [1.82, 2.24) is 13.9 Å². The smallest absolute Gasteiger partial charge is 0.255 e. The second-order valence-corrected chi connectivity index (χ2v) is 10.3. The molecule has 0 radical (unpaired) electrons. The highest BCUT2D eigenvalue weighted by Gasteiger charge is 2.32. The summed E-state index contributed by atoms with van der Waals surface area (Å²) in [5.74, 6) is -0.363. The van der Waals surface area contributed by atoms with E-state index in [0.29, 0.717) is 17.1 Å². The molecule has 2 unspecified atom stereocenters. The van der Waals surface area contributed by atoms with E-state index in [1.54, 1.807) is 60.4 Å². The summed E-state index contributed by atoms with van der Waals surface area (Å²) < 4.78 is 34.9. The molecule has 0 bridgehead atoms. The average Bonchev–Trinajstić information content (AvgIpc) is 3.24. The maximum Gasteiger partial charge on any atom is 0.255 e. The Bertz CT molecular complexity index is 1310. The standard InChI is InChI=1S/C24H26N4O5S/c1-16-14-28(15-17(2)33-16)34(31,32)21-6-4-5-19(13-21)24(30)26-20-9-7-18(8-10-20)22(29)23-25-11-12-27(23)3/h4-13,16-17H,14-15H2,1-3H3,(H,26,30). The van der Waals surface area contributed by atoms with Gasteiger partial charge in [0.25, 0.3) is 5.91 Å². The number of hydrogen-bond acceptors (Lipinski definition) is 6. The van der Waals surface area contributed by atoms with Crippen LogP contribution in [0.25, 0.3) is 0 Å². The van der Waals surface area contributed by atoms with Crippen molar-refractivity contribution in [3.8, 4) is 0 Å². The first-order valence-electron chi connectivity index (χ1n) is 10.8. The van der Waals surface area contributed by atoms with Gasteiger partial charge in [0.2, 0.25) is 15.8 Å². The molecule has 1 saturated heterocycles. The van der Waals surface area contributed by atoms with Gasteiger partial charge in [0.05, 0.1) is 17.1 Å². The van der Waals surface area contributed by atoms with Crippen LogP contribution in [0, 0.1) is 0 Å². The summed E-state index contributed by atoms with van der Waals surface area (Å²) in [6.45, 7) is 4.17. The molecule has 9 nitrogen and oxygen atoms in total. The van der Waals surface area contributed by atoms with Gasteiger partial charge in [-0.2, -0.15) is 4.31 Å². The minimum absolute atomic E-state index is 0.0532. The van der Waals surface area contributed by atoms with Crippen LogP contribution in [-0.4, -0.2) is 59.3 Å². The molecule has 3 aromatic rings. The summed E-state index contributed by atoms with van der Waals surface area (Å²) in [5, 5.41) is 2.74. The number of carbonyl (C=O) groups excluding carboxylic acids is 2. The highest BCUT2D eigenvalue weighted by molar-refractivity contribution is 7.89. The number of imidazole rings is 1. The van der Waals surface area contributed by atoms with Gasteiger partial charge in [-0.15, -0.1) is 0 Å². The molecular formula is C24H26N4O5S. The normalized spacial score (nSPS) is 19.0. The zero-order valence-electron chi connectivity index (χ0n) is 19.1. The Labute approximate surface area is 198 Å². The molecule has 2 atom stereocenters. The Balaban J connectivity index is 1.48. The molecule has 1 aliphatic heterocycles. The number of carbonyl (C=O) groups is 2. The molecular weight excluding hydrogens is 456 g/mol. The van der Waals surface area contributed by atoms with Crippen molar-refractivity contribution in [3.05, 3.63) is 77.9 Å². The first kappa shape index (κ1) is 23.8. The van der Waals surface area contributed by atoms with Crippen LogP contribution in [0.1, 0.15) is 40.4 Å². The van der Waals surface area contributed by atoms with Gasteiger partial charge in [-0.3, -0.25) is 9.59 Å². The summed E-state index contributed by atoms with van der Waals surface area (Å²) in [5.41, 5.74) is 1.13. The molecule has 34 heavy (non-hydrogen) atoms. The predicted molar refractivity (Wildman–Crippen MR) is 126 cm³/mol. The molecule has 10 heteroatoms. The number of nitrogens with one attached hydrogen (secondary N) is 1. The van der Waals surface area contributed by atoms with E-state index in [0.717, 1.165) is 0 Å².